The lowest BCUT2D eigenvalue weighted by atomic mass is 10.00. The van der Waals surface area contributed by atoms with Crippen LogP contribution in [0.4, 0.5) is 0 Å². The van der Waals surface area contributed by atoms with Crippen LogP contribution >= 0.6 is 11.8 Å². The molecule has 2 aliphatic rings. The SMILES string of the molecule is CC[C@H]1CCCCN1C(=O)CCSc1ccc2c(c1)OCCO2. The number of nitrogens with zero attached hydrogens (tertiary/aromatic N) is 1. The molecule has 1 atom stereocenters. The smallest absolute Gasteiger partial charge is 0.223 e. The van der Waals surface area contributed by atoms with Gasteiger partial charge in [-0.05, 0) is 43.9 Å². The lowest BCUT2D eigenvalue weighted by Gasteiger charge is -2.35. The molecule has 1 aromatic rings. The van der Waals surface area contributed by atoms with Gasteiger partial charge in [0, 0.05) is 29.7 Å². The molecule has 5 heteroatoms. The summed E-state index contributed by atoms with van der Waals surface area (Å²) in [5.41, 5.74) is 0. The number of amides is 1. The van der Waals surface area contributed by atoms with Gasteiger partial charge in [0.05, 0.1) is 0 Å². The van der Waals surface area contributed by atoms with E-state index in [4.69, 9.17) is 9.47 Å². The fourth-order valence-electron chi connectivity index (χ4n) is 3.27. The number of rotatable bonds is 5. The van der Waals surface area contributed by atoms with Gasteiger partial charge in [-0.1, -0.05) is 6.92 Å². The summed E-state index contributed by atoms with van der Waals surface area (Å²) in [7, 11) is 0. The van der Waals surface area contributed by atoms with Gasteiger partial charge in [0.1, 0.15) is 13.2 Å². The van der Waals surface area contributed by atoms with E-state index in [9.17, 15) is 4.79 Å². The van der Waals surface area contributed by atoms with Crippen LogP contribution in [-0.2, 0) is 4.79 Å². The number of hydrogen-bond donors (Lipinski definition) is 0. The van der Waals surface area contributed by atoms with Gasteiger partial charge < -0.3 is 14.4 Å². The highest BCUT2D eigenvalue weighted by Gasteiger charge is 2.24. The quantitative estimate of drug-likeness (QED) is 0.769. The van der Waals surface area contributed by atoms with Gasteiger partial charge in [-0.15, -0.1) is 11.8 Å². The lowest BCUT2D eigenvalue weighted by Crippen LogP contribution is -2.43. The van der Waals surface area contributed by atoms with Crippen LogP contribution < -0.4 is 9.47 Å². The van der Waals surface area contributed by atoms with Gasteiger partial charge in [0.25, 0.3) is 0 Å². The Balaban J connectivity index is 1.50. The molecule has 0 saturated carbocycles. The second-order valence-electron chi connectivity index (χ2n) is 6.05. The van der Waals surface area contributed by atoms with Crippen molar-refractivity contribution < 1.29 is 14.3 Å². The van der Waals surface area contributed by atoms with Gasteiger partial charge in [0.15, 0.2) is 11.5 Å². The van der Waals surface area contributed by atoms with E-state index in [1.807, 2.05) is 18.2 Å². The Morgan fingerprint density at radius 3 is 2.91 bits per heavy atom. The van der Waals surface area contributed by atoms with Crippen molar-refractivity contribution in [1.82, 2.24) is 4.90 Å². The summed E-state index contributed by atoms with van der Waals surface area (Å²) in [6.45, 7) is 4.33. The predicted octanol–water partition coefficient (Wildman–Crippen LogP) is 3.73. The molecule has 1 fully saturated rings. The summed E-state index contributed by atoms with van der Waals surface area (Å²) in [5.74, 6) is 2.75. The normalized spacial score (nSPS) is 20.4. The van der Waals surface area contributed by atoms with Gasteiger partial charge in [-0.2, -0.15) is 0 Å². The molecule has 0 spiro atoms. The maximum Gasteiger partial charge on any atom is 0.223 e. The predicted molar refractivity (Wildman–Crippen MR) is 92.4 cm³/mol. The van der Waals surface area contributed by atoms with E-state index in [0.29, 0.717) is 31.6 Å². The van der Waals surface area contributed by atoms with Crippen LogP contribution in [0.5, 0.6) is 11.5 Å². The van der Waals surface area contributed by atoms with Crippen LogP contribution in [-0.4, -0.2) is 42.4 Å². The molecular formula is C18H25NO3S. The van der Waals surface area contributed by atoms with Crippen molar-refractivity contribution in [2.75, 3.05) is 25.5 Å². The number of hydrogen-bond acceptors (Lipinski definition) is 4. The maximum atomic E-state index is 12.5. The topological polar surface area (TPSA) is 38.8 Å². The molecule has 1 amide bonds. The molecule has 3 rings (SSSR count). The molecule has 0 bridgehead atoms. The van der Waals surface area contributed by atoms with Gasteiger partial charge >= 0.3 is 0 Å². The van der Waals surface area contributed by atoms with Crippen molar-refractivity contribution in [3.05, 3.63) is 18.2 Å². The number of carbonyl (C=O) groups is 1. The minimum absolute atomic E-state index is 0.307. The first kappa shape index (κ1) is 16.5. The van der Waals surface area contributed by atoms with E-state index in [-0.39, 0.29) is 0 Å². The van der Waals surface area contributed by atoms with Crippen LogP contribution in [0.1, 0.15) is 39.0 Å². The number of piperidine rings is 1. The van der Waals surface area contributed by atoms with Crippen molar-refractivity contribution in [2.45, 2.75) is 50.0 Å². The second-order valence-corrected chi connectivity index (χ2v) is 7.22. The van der Waals surface area contributed by atoms with E-state index in [2.05, 4.69) is 11.8 Å². The molecule has 0 radical (unpaired) electrons. The highest BCUT2D eigenvalue weighted by atomic mass is 32.2. The summed E-state index contributed by atoms with van der Waals surface area (Å²) in [6, 6.07) is 6.46. The Kier molecular flexibility index (Phi) is 5.70. The number of fused-ring (bicyclic) bond motifs is 1. The zero-order chi connectivity index (χ0) is 16.1. The standard InChI is InChI=1S/C18H25NO3S/c1-2-14-5-3-4-9-19(14)18(20)8-12-23-15-6-7-16-17(13-15)22-11-10-21-16/h6-7,13-14H,2-5,8-12H2,1H3/t14-/m0/s1. The number of ether oxygens (including phenoxy) is 2. The Morgan fingerprint density at radius 2 is 2.09 bits per heavy atom. The number of carbonyl (C=O) groups excluding carboxylic acids is 1. The van der Waals surface area contributed by atoms with E-state index in [1.54, 1.807) is 11.8 Å². The van der Waals surface area contributed by atoms with Gasteiger partial charge in [-0.25, -0.2) is 0 Å². The minimum Gasteiger partial charge on any atom is -0.486 e. The Labute approximate surface area is 142 Å². The summed E-state index contributed by atoms with van der Waals surface area (Å²) < 4.78 is 11.1. The van der Waals surface area contributed by atoms with Crippen LogP contribution in [0.2, 0.25) is 0 Å². The highest BCUT2D eigenvalue weighted by molar-refractivity contribution is 7.99. The monoisotopic (exact) mass is 335 g/mol. The van der Waals surface area contributed by atoms with Crippen molar-refractivity contribution >= 4 is 17.7 Å². The average Bonchev–Trinajstić information content (AvgIpc) is 2.61. The van der Waals surface area contributed by atoms with E-state index in [1.165, 1.54) is 6.42 Å². The third-order valence-electron chi connectivity index (χ3n) is 4.52. The third kappa shape index (κ3) is 4.14. The van der Waals surface area contributed by atoms with Crippen molar-refractivity contribution in [3.8, 4) is 11.5 Å². The summed E-state index contributed by atoms with van der Waals surface area (Å²) in [4.78, 5) is 15.7. The first-order chi connectivity index (χ1) is 11.3. The fourth-order valence-corrected chi connectivity index (χ4v) is 4.13. The van der Waals surface area contributed by atoms with E-state index >= 15 is 0 Å². The zero-order valence-electron chi connectivity index (χ0n) is 13.8. The molecule has 0 aromatic heterocycles. The van der Waals surface area contributed by atoms with Gasteiger partial charge in [-0.3, -0.25) is 4.79 Å². The lowest BCUT2D eigenvalue weighted by molar-refractivity contribution is -0.134. The first-order valence-electron chi connectivity index (χ1n) is 8.60. The molecule has 126 valence electrons. The Bertz CT molecular complexity index is 549. The molecule has 0 N–H and O–H groups in total. The number of thioether (sulfide) groups is 1. The third-order valence-corrected chi connectivity index (χ3v) is 5.51. The van der Waals surface area contributed by atoms with E-state index in [0.717, 1.165) is 48.0 Å². The molecule has 2 aliphatic heterocycles. The van der Waals surface area contributed by atoms with E-state index < -0.39 is 0 Å². The maximum absolute atomic E-state index is 12.5. The summed E-state index contributed by atoms with van der Waals surface area (Å²) in [5, 5.41) is 0. The fraction of sp³-hybridized carbons (Fsp3) is 0.611. The van der Waals surface area contributed by atoms with Crippen molar-refractivity contribution in [1.29, 1.82) is 0 Å². The van der Waals surface area contributed by atoms with Crippen LogP contribution in [0.15, 0.2) is 23.1 Å². The summed E-state index contributed by atoms with van der Waals surface area (Å²) in [6.07, 6.45) is 5.25. The summed E-state index contributed by atoms with van der Waals surface area (Å²) >= 11 is 1.71. The molecular weight excluding hydrogens is 310 g/mol. The first-order valence-corrected chi connectivity index (χ1v) is 9.58. The minimum atomic E-state index is 0.307. The Hall–Kier alpha value is -1.36. The molecule has 0 aliphatic carbocycles. The van der Waals surface area contributed by atoms with Crippen LogP contribution in [0.3, 0.4) is 0 Å². The second kappa shape index (κ2) is 7.95. The Morgan fingerprint density at radius 1 is 1.26 bits per heavy atom. The molecule has 1 aromatic carbocycles. The highest BCUT2D eigenvalue weighted by Crippen LogP contribution is 2.34. The average molecular weight is 335 g/mol. The molecule has 4 nitrogen and oxygen atoms in total. The molecule has 1 saturated heterocycles. The molecule has 23 heavy (non-hydrogen) atoms. The molecule has 0 unspecified atom stereocenters. The zero-order valence-corrected chi connectivity index (χ0v) is 14.6. The largest absolute Gasteiger partial charge is 0.486 e. The van der Waals surface area contributed by atoms with Crippen molar-refractivity contribution in [3.63, 3.8) is 0 Å². The van der Waals surface area contributed by atoms with Crippen LogP contribution in [0, 0.1) is 0 Å². The van der Waals surface area contributed by atoms with Gasteiger partial charge in [0.2, 0.25) is 5.91 Å². The van der Waals surface area contributed by atoms with Crippen LogP contribution in [0.25, 0.3) is 0 Å². The van der Waals surface area contributed by atoms with Crippen molar-refractivity contribution in [2.24, 2.45) is 0 Å². The molecule has 2 heterocycles. The number of likely N-dealkylation sites (tertiary alicyclic amines) is 1. The number of benzene rings is 1.